The van der Waals surface area contributed by atoms with Gasteiger partial charge in [-0.2, -0.15) is 0 Å². The quantitative estimate of drug-likeness (QED) is 0.536. The van der Waals surface area contributed by atoms with Crippen molar-refractivity contribution in [2.75, 3.05) is 7.05 Å². The molecule has 72 valence electrons. The zero-order chi connectivity index (χ0) is 10.3. The molecule has 1 heteroatoms. The zero-order valence-corrected chi connectivity index (χ0v) is 9.26. The molecule has 0 spiro atoms. The summed E-state index contributed by atoms with van der Waals surface area (Å²) in [7, 11) is 1.82. The third-order valence-corrected chi connectivity index (χ3v) is 1.68. The first-order valence-electron chi connectivity index (χ1n) is 4.75. The predicted octanol–water partition coefficient (Wildman–Crippen LogP) is 3.55. The maximum atomic E-state index is 4.17. The highest BCUT2D eigenvalue weighted by Gasteiger charge is 2.03. The van der Waals surface area contributed by atoms with Gasteiger partial charge in [-0.05, 0) is 25.5 Å². The Hall–Kier alpha value is -1.11. The van der Waals surface area contributed by atoms with Crippen LogP contribution in [0.15, 0.2) is 40.4 Å². The molecule has 0 aromatic rings. The van der Waals surface area contributed by atoms with E-state index < -0.39 is 0 Å². The molecule has 1 rings (SSSR count). The van der Waals surface area contributed by atoms with Gasteiger partial charge in [-0.15, -0.1) is 0 Å². The monoisotopic (exact) mass is 177 g/mol. The maximum Gasteiger partial charge on any atom is 0.0642 e. The fraction of sp³-hybridized carbons (Fsp3) is 0.417. The van der Waals surface area contributed by atoms with Gasteiger partial charge in [-0.25, -0.2) is 0 Å². The van der Waals surface area contributed by atoms with Crippen LogP contribution in [0, 0.1) is 0 Å². The van der Waals surface area contributed by atoms with E-state index in [1.54, 1.807) is 0 Å². The van der Waals surface area contributed by atoms with Crippen molar-refractivity contribution in [3.05, 3.63) is 35.5 Å². The van der Waals surface area contributed by atoms with Crippen LogP contribution in [0.25, 0.3) is 0 Å². The molecule has 0 N–H and O–H groups in total. The molecule has 1 aliphatic carbocycles. The molecule has 0 aliphatic heterocycles. The number of allylic oxidation sites excluding steroid dienone is 6. The molecule has 0 aromatic heterocycles. The Morgan fingerprint density at radius 1 is 1.08 bits per heavy atom. The van der Waals surface area contributed by atoms with Crippen LogP contribution >= 0.6 is 0 Å². The van der Waals surface area contributed by atoms with Gasteiger partial charge in [0.1, 0.15) is 0 Å². The van der Waals surface area contributed by atoms with Crippen LogP contribution in [-0.4, -0.2) is 12.8 Å². The average molecular weight is 177 g/mol. The summed E-state index contributed by atoms with van der Waals surface area (Å²) in [6, 6.07) is 0. The Morgan fingerprint density at radius 3 is 2.00 bits per heavy atom. The number of aliphatic imine (C=N–C) groups is 1. The molecular weight excluding hydrogens is 158 g/mol. The minimum Gasteiger partial charge on any atom is -0.288 e. The van der Waals surface area contributed by atoms with Crippen molar-refractivity contribution in [3.8, 4) is 0 Å². The smallest absolute Gasteiger partial charge is 0.0642 e. The Morgan fingerprint density at radius 2 is 1.62 bits per heavy atom. The lowest BCUT2D eigenvalue weighted by molar-refractivity contribution is 1.34. The summed E-state index contributed by atoms with van der Waals surface area (Å²) in [4.78, 5) is 4.17. The van der Waals surface area contributed by atoms with Crippen LogP contribution in [-0.2, 0) is 0 Å². The van der Waals surface area contributed by atoms with Crippen LogP contribution in [0.3, 0.4) is 0 Å². The first-order chi connectivity index (χ1) is 6.25. The first kappa shape index (κ1) is 11.9. The van der Waals surface area contributed by atoms with E-state index in [2.05, 4.69) is 24.9 Å². The molecule has 0 amide bonds. The summed E-state index contributed by atoms with van der Waals surface area (Å²) in [6.07, 6.45) is 8.17. The fourth-order valence-electron chi connectivity index (χ4n) is 1.09. The third-order valence-electron chi connectivity index (χ3n) is 1.68. The Labute approximate surface area is 81.6 Å². The number of nitrogens with zero attached hydrogens (tertiary/aromatic N) is 1. The number of rotatable bonds is 0. The van der Waals surface area contributed by atoms with E-state index in [0.29, 0.717) is 0 Å². The van der Waals surface area contributed by atoms with E-state index in [1.807, 2.05) is 39.1 Å². The molecule has 0 saturated carbocycles. The predicted molar refractivity (Wildman–Crippen MR) is 61.4 cm³/mol. The Kier molecular flexibility index (Phi) is 5.86. The van der Waals surface area contributed by atoms with E-state index in [0.717, 1.165) is 5.71 Å². The second-order valence-corrected chi connectivity index (χ2v) is 2.74. The molecule has 0 aromatic carbocycles. The summed E-state index contributed by atoms with van der Waals surface area (Å²) < 4.78 is 0. The molecule has 0 atom stereocenters. The molecule has 0 heterocycles. The maximum absolute atomic E-state index is 4.17. The normalized spacial score (nSPS) is 17.0. The molecule has 1 nitrogen and oxygen atoms in total. The van der Waals surface area contributed by atoms with Gasteiger partial charge in [0.2, 0.25) is 0 Å². The van der Waals surface area contributed by atoms with Crippen LogP contribution in [0.5, 0.6) is 0 Å². The van der Waals surface area contributed by atoms with Gasteiger partial charge in [0.15, 0.2) is 0 Å². The topological polar surface area (TPSA) is 12.4 Å². The van der Waals surface area contributed by atoms with Crippen molar-refractivity contribution in [3.63, 3.8) is 0 Å². The zero-order valence-electron chi connectivity index (χ0n) is 9.26. The van der Waals surface area contributed by atoms with Crippen LogP contribution in [0.2, 0.25) is 0 Å². The Balaban J connectivity index is 0.000000671. The molecule has 0 unspecified atom stereocenters. The van der Waals surface area contributed by atoms with Gasteiger partial charge in [-0.3, -0.25) is 4.99 Å². The van der Waals surface area contributed by atoms with E-state index >= 15 is 0 Å². The minimum atomic E-state index is 1.08. The van der Waals surface area contributed by atoms with E-state index in [1.165, 1.54) is 11.1 Å². The molecule has 0 fully saturated rings. The van der Waals surface area contributed by atoms with Gasteiger partial charge in [0.05, 0.1) is 5.71 Å². The van der Waals surface area contributed by atoms with E-state index in [9.17, 15) is 0 Å². The highest BCUT2D eigenvalue weighted by molar-refractivity contribution is 6.11. The highest BCUT2D eigenvalue weighted by atomic mass is 14.7. The van der Waals surface area contributed by atoms with Crippen LogP contribution < -0.4 is 0 Å². The van der Waals surface area contributed by atoms with E-state index in [-0.39, 0.29) is 0 Å². The third kappa shape index (κ3) is 3.41. The van der Waals surface area contributed by atoms with Crippen LogP contribution in [0.4, 0.5) is 0 Å². The summed E-state index contributed by atoms with van der Waals surface area (Å²) >= 11 is 0. The molecule has 13 heavy (non-hydrogen) atoms. The number of hydrogen-bond acceptors (Lipinski definition) is 1. The highest BCUT2D eigenvalue weighted by Crippen LogP contribution is 2.12. The molecule has 0 radical (unpaired) electrons. The van der Waals surface area contributed by atoms with Crippen molar-refractivity contribution in [2.45, 2.75) is 27.7 Å². The summed E-state index contributed by atoms with van der Waals surface area (Å²) in [5.41, 5.74) is 3.63. The van der Waals surface area contributed by atoms with Crippen molar-refractivity contribution in [1.82, 2.24) is 0 Å². The van der Waals surface area contributed by atoms with Crippen molar-refractivity contribution in [1.29, 1.82) is 0 Å². The molecule has 0 saturated heterocycles. The minimum absolute atomic E-state index is 1.08. The van der Waals surface area contributed by atoms with Gasteiger partial charge < -0.3 is 0 Å². The van der Waals surface area contributed by atoms with Gasteiger partial charge in [0, 0.05) is 7.05 Å². The summed E-state index contributed by atoms with van der Waals surface area (Å²) in [5, 5.41) is 0. The lowest BCUT2D eigenvalue weighted by Crippen LogP contribution is -2.01. The van der Waals surface area contributed by atoms with Crippen molar-refractivity contribution < 1.29 is 0 Å². The first-order valence-corrected chi connectivity index (χ1v) is 4.75. The number of hydrogen-bond donors (Lipinski definition) is 0. The molecular formula is C12H19N. The summed E-state index contributed by atoms with van der Waals surface area (Å²) in [5.74, 6) is 0. The van der Waals surface area contributed by atoms with Crippen LogP contribution in [0.1, 0.15) is 27.7 Å². The van der Waals surface area contributed by atoms with Crippen molar-refractivity contribution >= 4 is 5.71 Å². The second kappa shape index (κ2) is 6.41. The lowest BCUT2D eigenvalue weighted by atomic mass is 10.0. The largest absolute Gasteiger partial charge is 0.288 e. The van der Waals surface area contributed by atoms with Gasteiger partial charge >= 0.3 is 0 Å². The van der Waals surface area contributed by atoms with E-state index in [4.69, 9.17) is 0 Å². The second-order valence-electron chi connectivity index (χ2n) is 2.74. The van der Waals surface area contributed by atoms with Gasteiger partial charge in [0.25, 0.3) is 0 Å². The van der Waals surface area contributed by atoms with Crippen molar-refractivity contribution in [2.24, 2.45) is 4.99 Å². The average Bonchev–Trinajstić information content (AvgIpc) is 2.20. The van der Waals surface area contributed by atoms with Gasteiger partial charge in [-0.1, -0.05) is 37.6 Å². The fourth-order valence-corrected chi connectivity index (χ4v) is 1.09. The molecule has 0 bridgehead atoms. The Bertz CT molecular complexity index is 261. The standard InChI is InChI=1S/C10H13N.C2H6/c1-8(2)9-6-4-5-7-10(9)11-3;1-2/h4-7H,1-3H3;1-2H3. The lowest BCUT2D eigenvalue weighted by Gasteiger charge is -2.07. The SMILES string of the molecule is CC.CN=C1C=CC=CC1=C(C)C. The summed E-state index contributed by atoms with van der Waals surface area (Å²) in [6.45, 7) is 8.20. The molecule has 1 aliphatic rings.